The lowest BCUT2D eigenvalue weighted by molar-refractivity contribution is -0.110. The maximum Gasteiger partial charge on any atom is 0.178 e. The van der Waals surface area contributed by atoms with E-state index in [2.05, 4.69) is 0 Å². The zero-order valence-electron chi connectivity index (χ0n) is 8.78. The van der Waals surface area contributed by atoms with Crippen molar-refractivity contribution >= 4 is 5.78 Å². The Labute approximate surface area is 90.0 Å². The second kappa shape index (κ2) is 4.58. The van der Waals surface area contributed by atoms with Gasteiger partial charge in [0.05, 0.1) is 0 Å². The molecule has 1 N–H and O–H groups in total. The van der Waals surface area contributed by atoms with Crippen LogP contribution in [0.3, 0.4) is 0 Å². The third-order valence-corrected chi connectivity index (χ3v) is 3.23. The largest absolute Gasteiger partial charge is 0.396 e. The SMILES string of the molecule is O=C1C=CC(=C2CCC(CO)CC2)C=C1. The quantitative estimate of drug-likeness (QED) is 0.710. The molecule has 0 atom stereocenters. The predicted molar refractivity (Wildman–Crippen MR) is 59.4 cm³/mol. The fourth-order valence-corrected chi connectivity index (χ4v) is 2.19. The normalized spacial score (nSPS) is 26.2. The van der Waals surface area contributed by atoms with Gasteiger partial charge in [0, 0.05) is 6.61 Å². The first-order valence-electron chi connectivity index (χ1n) is 5.52. The van der Waals surface area contributed by atoms with Gasteiger partial charge in [0.25, 0.3) is 0 Å². The number of hydrogen-bond donors (Lipinski definition) is 1. The van der Waals surface area contributed by atoms with Gasteiger partial charge in [-0.15, -0.1) is 0 Å². The molecule has 2 aliphatic carbocycles. The summed E-state index contributed by atoms with van der Waals surface area (Å²) >= 11 is 0. The molecule has 0 aromatic carbocycles. The highest BCUT2D eigenvalue weighted by molar-refractivity contribution is 6.01. The summed E-state index contributed by atoms with van der Waals surface area (Å²) in [4.78, 5) is 11.0. The maximum atomic E-state index is 11.0. The van der Waals surface area contributed by atoms with Gasteiger partial charge in [-0.2, -0.15) is 0 Å². The van der Waals surface area contributed by atoms with Crippen molar-refractivity contribution in [3.8, 4) is 0 Å². The molecule has 0 heterocycles. The van der Waals surface area contributed by atoms with E-state index in [4.69, 9.17) is 5.11 Å². The monoisotopic (exact) mass is 204 g/mol. The minimum atomic E-state index is 0.0726. The molecule has 1 saturated carbocycles. The Bertz CT molecular complexity index is 320. The first kappa shape index (κ1) is 10.4. The smallest absolute Gasteiger partial charge is 0.178 e. The number of ketones is 1. The molecule has 0 unspecified atom stereocenters. The molecule has 0 aromatic rings. The van der Waals surface area contributed by atoms with Crippen molar-refractivity contribution in [3.05, 3.63) is 35.5 Å². The van der Waals surface area contributed by atoms with Gasteiger partial charge in [0.15, 0.2) is 5.78 Å². The van der Waals surface area contributed by atoms with Crippen molar-refractivity contribution < 1.29 is 9.90 Å². The minimum Gasteiger partial charge on any atom is -0.396 e. The zero-order chi connectivity index (χ0) is 10.7. The third-order valence-electron chi connectivity index (χ3n) is 3.23. The van der Waals surface area contributed by atoms with Gasteiger partial charge in [0.1, 0.15) is 0 Å². The maximum absolute atomic E-state index is 11.0. The van der Waals surface area contributed by atoms with E-state index in [1.54, 1.807) is 12.2 Å². The van der Waals surface area contributed by atoms with Crippen LogP contribution in [-0.2, 0) is 4.79 Å². The molecule has 0 amide bonds. The highest BCUT2D eigenvalue weighted by Crippen LogP contribution is 2.31. The molecule has 0 spiro atoms. The molecule has 15 heavy (non-hydrogen) atoms. The van der Waals surface area contributed by atoms with E-state index >= 15 is 0 Å². The van der Waals surface area contributed by atoms with Crippen molar-refractivity contribution in [1.82, 2.24) is 0 Å². The van der Waals surface area contributed by atoms with E-state index < -0.39 is 0 Å². The number of hydrogen-bond acceptors (Lipinski definition) is 2. The van der Waals surface area contributed by atoms with Crippen molar-refractivity contribution in [1.29, 1.82) is 0 Å². The van der Waals surface area contributed by atoms with Crippen LogP contribution in [0.25, 0.3) is 0 Å². The first-order chi connectivity index (χ1) is 7.29. The summed E-state index contributed by atoms with van der Waals surface area (Å²) in [7, 11) is 0. The highest BCUT2D eigenvalue weighted by Gasteiger charge is 2.17. The van der Waals surface area contributed by atoms with Crippen LogP contribution in [0.15, 0.2) is 35.5 Å². The number of carbonyl (C=O) groups excluding carboxylic acids is 1. The zero-order valence-corrected chi connectivity index (χ0v) is 8.78. The van der Waals surface area contributed by atoms with E-state index in [9.17, 15) is 4.79 Å². The summed E-state index contributed by atoms with van der Waals surface area (Å²) in [6.07, 6.45) is 11.3. The lowest BCUT2D eigenvalue weighted by Gasteiger charge is -2.23. The average Bonchev–Trinajstić information content (AvgIpc) is 2.30. The molecule has 2 rings (SSSR count). The second-order valence-electron chi connectivity index (χ2n) is 4.25. The first-order valence-corrected chi connectivity index (χ1v) is 5.52. The van der Waals surface area contributed by atoms with Crippen molar-refractivity contribution in [3.63, 3.8) is 0 Å². The topological polar surface area (TPSA) is 37.3 Å². The molecule has 2 nitrogen and oxygen atoms in total. The molecule has 0 aromatic heterocycles. The number of allylic oxidation sites excluding steroid dienone is 6. The van der Waals surface area contributed by atoms with Crippen LogP contribution < -0.4 is 0 Å². The van der Waals surface area contributed by atoms with Crippen LogP contribution in [-0.4, -0.2) is 17.5 Å². The average molecular weight is 204 g/mol. The summed E-state index contributed by atoms with van der Waals surface area (Å²) in [5, 5.41) is 9.03. The Balaban J connectivity index is 2.06. The molecule has 0 saturated heterocycles. The van der Waals surface area contributed by atoms with Crippen LogP contribution in [0.1, 0.15) is 25.7 Å². The third kappa shape index (κ3) is 2.45. The Morgan fingerprint density at radius 2 is 1.73 bits per heavy atom. The molecule has 2 aliphatic rings. The van der Waals surface area contributed by atoms with E-state index in [1.807, 2.05) is 12.2 Å². The lowest BCUT2D eigenvalue weighted by Crippen LogP contribution is -2.12. The molecule has 1 fully saturated rings. The molecule has 0 aliphatic heterocycles. The van der Waals surface area contributed by atoms with Crippen LogP contribution in [0.5, 0.6) is 0 Å². The van der Waals surface area contributed by atoms with Crippen LogP contribution in [0.4, 0.5) is 0 Å². The van der Waals surface area contributed by atoms with Gasteiger partial charge in [0.2, 0.25) is 0 Å². The van der Waals surface area contributed by atoms with Gasteiger partial charge < -0.3 is 5.11 Å². The number of aliphatic hydroxyl groups is 1. The van der Waals surface area contributed by atoms with Crippen molar-refractivity contribution in [2.45, 2.75) is 25.7 Å². The van der Waals surface area contributed by atoms with E-state index in [-0.39, 0.29) is 5.78 Å². The Morgan fingerprint density at radius 1 is 1.13 bits per heavy atom. The van der Waals surface area contributed by atoms with E-state index in [1.165, 1.54) is 11.1 Å². The number of carbonyl (C=O) groups is 1. The molecular formula is C13H16O2. The summed E-state index contributed by atoms with van der Waals surface area (Å²) in [5.41, 5.74) is 2.63. The molecule has 0 bridgehead atoms. The van der Waals surface area contributed by atoms with Gasteiger partial charge in [-0.1, -0.05) is 17.7 Å². The van der Waals surface area contributed by atoms with Crippen molar-refractivity contribution in [2.24, 2.45) is 5.92 Å². The van der Waals surface area contributed by atoms with Crippen LogP contribution in [0, 0.1) is 5.92 Å². The Morgan fingerprint density at radius 3 is 2.27 bits per heavy atom. The van der Waals surface area contributed by atoms with Gasteiger partial charge in [-0.25, -0.2) is 0 Å². The fourth-order valence-electron chi connectivity index (χ4n) is 2.19. The summed E-state index contributed by atoms with van der Waals surface area (Å²) in [6, 6.07) is 0. The fraction of sp³-hybridized carbons (Fsp3) is 0.462. The second-order valence-corrected chi connectivity index (χ2v) is 4.25. The highest BCUT2D eigenvalue weighted by atomic mass is 16.3. The van der Waals surface area contributed by atoms with Gasteiger partial charge in [-0.3, -0.25) is 4.79 Å². The standard InChI is InChI=1S/C13H16O2/c14-9-10-1-3-11(4-2-10)12-5-7-13(15)8-6-12/h5-8,10,14H,1-4,9H2. The van der Waals surface area contributed by atoms with Crippen LogP contribution >= 0.6 is 0 Å². The molecular weight excluding hydrogens is 188 g/mol. The van der Waals surface area contributed by atoms with E-state index in [0.717, 1.165) is 25.7 Å². The Hall–Kier alpha value is -1.15. The predicted octanol–water partition coefficient (Wildman–Crippen LogP) is 2.16. The lowest BCUT2D eigenvalue weighted by atomic mass is 9.83. The van der Waals surface area contributed by atoms with Crippen LogP contribution in [0.2, 0.25) is 0 Å². The number of rotatable bonds is 1. The Kier molecular flexibility index (Phi) is 3.17. The molecule has 2 heteroatoms. The van der Waals surface area contributed by atoms with E-state index in [0.29, 0.717) is 12.5 Å². The minimum absolute atomic E-state index is 0.0726. The summed E-state index contributed by atoms with van der Waals surface area (Å²) < 4.78 is 0. The summed E-state index contributed by atoms with van der Waals surface area (Å²) in [6.45, 7) is 0.312. The molecule has 0 radical (unpaired) electrons. The summed E-state index contributed by atoms with van der Waals surface area (Å²) in [5.74, 6) is 0.552. The van der Waals surface area contributed by atoms with Crippen molar-refractivity contribution in [2.75, 3.05) is 6.61 Å². The van der Waals surface area contributed by atoms with Gasteiger partial charge >= 0.3 is 0 Å². The molecule has 80 valence electrons. The van der Waals surface area contributed by atoms with Gasteiger partial charge in [-0.05, 0) is 49.3 Å². The number of aliphatic hydroxyl groups excluding tert-OH is 1.